The van der Waals surface area contributed by atoms with E-state index in [1.165, 1.54) is 0 Å². The fourth-order valence-electron chi connectivity index (χ4n) is 2.40. The minimum absolute atomic E-state index is 0.177. The predicted octanol–water partition coefficient (Wildman–Crippen LogP) is 2.10. The Hall–Kier alpha value is -2.37. The van der Waals surface area contributed by atoms with E-state index < -0.39 is 17.9 Å². The van der Waals surface area contributed by atoms with Gasteiger partial charge < -0.3 is 15.7 Å². The number of rotatable bonds is 6. The molecule has 0 spiro atoms. The zero-order valence-electron chi connectivity index (χ0n) is 14.9. The highest BCUT2D eigenvalue weighted by molar-refractivity contribution is 5.88. The predicted molar refractivity (Wildman–Crippen MR) is 91.5 cm³/mol. The van der Waals surface area contributed by atoms with E-state index in [9.17, 15) is 19.5 Å². The quantitative estimate of drug-likeness (QED) is 0.742. The number of aliphatic carboxylic acids is 1. The van der Waals surface area contributed by atoms with Crippen LogP contribution in [0.4, 0.5) is 0 Å². The van der Waals surface area contributed by atoms with Crippen molar-refractivity contribution in [1.29, 1.82) is 0 Å². The lowest BCUT2D eigenvalue weighted by Crippen LogP contribution is -2.41. The third-order valence-corrected chi connectivity index (χ3v) is 3.27. The number of nitrogens with one attached hydrogen (secondary N) is 2. The number of hydrogen-bond acceptors (Lipinski definition) is 3. The van der Waals surface area contributed by atoms with Crippen LogP contribution in [0.5, 0.6) is 0 Å². The molecule has 2 amide bonds. The number of carbonyl (C=O) groups excluding carboxylic acids is 2. The van der Waals surface area contributed by atoms with Crippen molar-refractivity contribution in [2.24, 2.45) is 5.41 Å². The third kappa shape index (κ3) is 6.81. The van der Waals surface area contributed by atoms with Gasteiger partial charge in [0.25, 0.3) is 0 Å². The van der Waals surface area contributed by atoms with Gasteiger partial charge in [-0.15, -0.1) is 0 Å². The topological polar surface area (TPSA) is 95.5 Å². The summed E-state index contributed by atoms with van der Waals surface area (Å²) in [6.07, 6.45) is 0.291. The van der Waals surface area contributed by atoms with Crippen LogP contribution in [0.1, 0.15) is 49.9 Å². The highest BCUT2D eigenvalue weighted by Gasteiger charge is 2.23. The summed E-state index contributed by atoms with van der Waals surface area (Å²) in [5.41, 5.74) is 2.17. The molecule has 0 saturated carbocycles. The van der Waals surface area contributed by atoms with Gasteiger partial charge in [0, 0.05) is 6.42 Å². The zero-order valence-corrected chi connectivity index (χ0v) is 14.9. The number of carbonyl (C=O) groups is 3. The molecule has 0 aliphatic heterocycles. The highest BCUT2D eigenvalue weighted by Crippen LogP contribution is 2.18. The van der Waals surface area contributed by atoms with Gasteiger partial charge in [0.15, 0.2) is 6.04 Å². The lowest BCUT2D eigenvalue weighted by atomic mass is 9.92. The summed E-state index contributed by atoms with van der Waals surface area (Å²) in [5.74, 6) is -1.92. The summed E-state index contributed by atoms with van der Waals surface area (Å²) in [7, 11) is 0. The van der Waals surface area contributed by atoms with E-state index in [4.69, 9.17) is 0 Å². The van der Waals surface area contributed by atoms with E-state index in [2.05, 4.69) is 10.6 Å². The van der Waals surface area contributed by atoms with Crippen LogP contribution in [0.15, 0.2) is 18.2 Å². The van der Waals surface area contributed by atoms with Crippen molar-refractivity contribution < 1.29 is 19.5 Å². The van der Waals surface area contributed by atoms with Crippen LogP contribution in [0.3, 0.4) is 0 Å². The number of hydrogen-bond donors (Lipinski definition) is 3. The number of amides is 2. The van der Waals surface area contributed by atoms with Gasteiger partial charge in [-0.1, -0.05) is 50.1 Å². The lowest BCUT2D eigenvalue weighted by molar-refractivity contribution is -0.142. The van der Waals surface area contributed by atoms with E-state index in [1.54, 1.807) is 12.1 Å². The Kier molecular flexibility index (Phi) is 6.51. The molecule has 1 aromatic carbocycles. The van der Waals surface area contributed by atoms with E-state index in [0.717, 1.165) is 11.1 Å². The summed E-state index contributed by atoms with van der Waals surface area (Å²) in [6.45, 7) is 9.25. The van der Waals surface area contributed by atoms with Crippen molar-refractivity contribution >= 4 is 17.8 Å². The Morgan fingerprint density at radius 1 is 1.04 bits per heavy atom. The minimum atomic E-state index is -1.14. The second-order valence-corrected chi connectivity index (χ2v) is 7.27. The standard InChI is InChI=1S/C18H26N2O4/c1-11-6-12(2)8-13(7-11)16(17(23)24)20-15(22)10-19-14(21)9-18(3,4)5/h6-8,16H,9-10H2,1-5H3,(H,19,21)(H,20,22)(H,23,24). The minimum Gasteiger partial charge on any atom is -0.479 e. The summed E-state index contributed by atoms with van der Waals surface area (Å²) in [6, 6.07) is 4.24. The monoisotopic (exact) mass is 334 g/mol. The van der Waals surface area contributed by atoms with Crippen molar-refractivity contribution in [3.63, 3.8) is 0 Å². The molecule has 0 bridgehead atoms. The van der Waals surface area contributed by atoms with Crippen molar-refractivity contribution in [1.82, 2.24) is 10.6 Å². The second-order valence-electron chi connectivity index (χ2n) is 7.27. The van der Waals surface area contributed by atoms with Crippen LogP contribution in [0, 0.1) is 19.3 Å². The molecule has 6 nitrogen and oxygen atoms in total. The maximum atomic E-state index is 12.0. The molecule has 6 heteroatoms. The smallest absolute Gasteiger partial charge is 0.330 e. The van der Waals surface area contributed by atoms with Gasteiger partial charge in [0.05, 0.1) is 6.54 Å². The maximum absolute atomic E-state index is 12.0. The molecule has 3 N–H and O–H groups in total. The maximum Gasteiger partial charge on any atom is 0.330 e. The van der Waals surface area contributed by atoms with Crippen LogP contribution in [-0.2, 0) is 14.4 Å². The van der Waals surface area contributed by atoms with Crippen LogP contribution in [-0.4, -0.2) is 29.4 Å². The summed E-state index contributed by atoms with van der Waals surface area (Å²) >= 11 is 0. The SMILES string of the molecule is Cc1cc(C)cc(C(NC(=O)CNC(=O)CC(C)(C)C)C(=O)O)c1. The Balaban J connectivity index is 2.70. The van der Waals surface area contributed by atoms with E-state index >= 15 is 0 Å². The van der Waals surface area contributed by atoms with Crippen molar-refractivity contribution in [3.05, 3.63) is 34.9 Å². The van der Waals surface area contributed by atoms with Gasteiger partial charge >= 0.3 is 5.97 Å². The Morgan fingerprint density at radius 2 is 1.58 bits per heavy atom. The molecule has 1 rings (SSSR count). The molecule has 0 fully saturated rings. The normalized spacial score (nSPS) is 12.4. The second kappa shape index (κ2) is 7.95. The molecule has 0 aliphatic rings. The highest BCUT2D eigenvalue weighted by atomic mass is 16.4. The van der Waals surface area contributed by atoms with Gasteiger partial charge in [0.2, 0.25) is 11.8 Å². The Morgan fingerprint density at radius 3 is 2.04 bits per heavy atom. The van der Waals surface area contributed by atoms with Crippen LogP contribution in [0.25, 0.3) is 0 Å². The van der Waals surface area contributed by atoms with E-state index in [-0.39, 0.29) is 17.9 Å². The average molecular weight is 334 g/mol. The lowest BCUT2D eigenvalue weighted by Gasteiger charge is -2.18. The molecule has 0 aromatic heterocycles. The van der Waals surface area contributed by atoms with Crippen molar-refractivity contribution in [2.45, 2.75) is 47.1 Å². The fraction of sp³-hybridized carbons (Fsp3) is 0.500. The van der Waals surface area contributed by atoms with Gasteiger partial charge in [-0.25, -0.2) is 4.79 Å². The molecule has 0 radical (unpaired) electrons. The third-order valence-electron chi connectivity index (χ3n) is 3.27. The number of benzene rings is 1. The number of carboxylic acid groups (broad SMARTS) is 1. The molecular formula is C18H26N2O4. The number of aryl methyl sites for hydroxylation is 2. The molecule has 1 atom stereocenters. The summed E-state index contributed by atoms with van der Waals surface area (Å²) < 4.78 is 0. The molecule has 132 valence electrons. The molecule has 0 aliphatic carbocycles. The first-order valence-electron chi connectivity index (χ1n) is 7.85. The van der Waals surface area contributed by atoms with Gasteiger partial charge in [0.1, 0.15) is 0 Å². The largest absolute Gasteiger partial charge is 0.479 e. The van der Waals surface area contributed by atoms with Gasteiger partial charge in [-0.05, 0) is 24.8 Å². The first-order chi connectivity index (χ1) is 11.0. The van der Waals surface area contributed by atoms with E-state index in [0.29, 0.717) is 12.0 Å². The van der Waals surface area contributed by atoms with Crippen LogP contribution >= 0.6 is 0 Å². The average Bonchev–Trinajstić information content (AvgIpc) is 2.39. The first-order valence-corrected chi connectivity index (χ1v) is 7.85. The van der Waals surface area contributed by atoms with Crippen molar-refractivity contribution in [3.8, 4) is 0 Å². The van der Waals surface area contributed by atoms with Crippen molar-refractivity contribution in [2.75, 3.05) is 6.54 Å². The Labute approximate surface area is 142 Å². The molecule has 24 heavy (non-hydrogen) atoms. The molecule has 1 aromatic rings. The van der Waals surface area contributed by atoms with Gasteiger partial charge in [-0.2, -0.15) is 0 Å². The molecule has 0 heterocycles. The summed E-state index contributed by atoms with van der Waals surface area (Å²) in [4.78, 5) is 35.2. The fourth-order valence-corrected chi connectivity index (χ4v) is 2.40. The molecular weight excluding hydrogens is 308 g/mol. The van der Waals surface area contributed by atoms with E-state index in [1.807, 2.05) is 40.7 Å². The Bertz CT molecular complexity index is 612. The molecule has 0 saturated heterocycles. The molecule has 1 unspecified atom stereocenters. The first kappa shape index (κ1) is 19.7. The van der Waals surface area contributed by atoms with Crippen LogP contribution < -0.4 is 10.6 Å². The summed E-state index contributed by atoms with van der Waals surface area (Å²) in [5, 5.41) is 14.4. The van der Waals surface area contributed by atoms with Gasteiger partial charge in [-0.3, -0.25) is 9.59 Å². The zero-order chi connectivity index (χ0) is 18.5. The van der Waals surface area contributed by atoms with Crippen LogP contribution in [0.2, 0.25) is 0 Å². The number of carboxylic acids is 1.